The number of anilines is 1. The maximum absolute atomic E-state index is 13.4. The minimum atomic E-state index is -0.321. The van der Waals surface area contributed by atoms with Gasteiger partial charge in [0.1, 0.15) is 5.82 Å². The second kappa shape index (κ2) is 9.30. The highest BCUT2D eigenvalue weighted by atomic mass is 19.1. The Hall–Kier alpha value is -3.55. The van der Waals surface area contributed by atoms with Crippen molar-refractivity contribution in [3.8, 4) is 22.9 Å². The first-order valence-electron chi connectivity index (χ1n) is 10.5. The molecule has 168 valence electrons. The first-order chi connectivity index (χ1) is 15.5. The summed E-state index contributed by atoms with van der Waals surface area (Å²) < 4.78 is 31.3. The van der Waals surface area contributed by atoms with E-state index in [1.165, 1.54) is 33.5 Å². The summed E-state index contributed by atoms with van der Waals surface area (Å²) in [7, 11) is 4.57. The smallest absolute Gasteiger partial charge is 0.276 e. The largest absolute Gasteiger partial charge is 0.493 e. The van der Waals surface area contributed by atoms with Crippen LogP contribution >= 0.6 is 0 Å². The standard InChI is InChI=1S/C24H26FN3O4/c1-30-20-13-16(14-21(31-2)23(20)32-3)26-24(29)22-18-7-5-4-6-8-19(18)28(27-22)17-11-9-15(25)10-12-17/h9-14H,4-8H2,1-3H3,(H,26,29). The van der Waals surface area contributed by atoms with Crippen molar-refractivity contribution in [1.82, 2.24) is 9.78 Å². The molecule has 7 nitrogen and oxygen atoms in total. The lowest BCUT2D eigenvalue weighted by molar-refractivity contribution is 0.102. The van der Waals surface area contributed by atoms with Crippen LogP contribution in [0.5, 0.6) is 17.2 Å². The Labute approximate surface area is 186 Å². The highest BCUT2D eigenvalue weighted by Crippen LogP contribution is 2.40. The van der Waals surface area contributed by atoms with Gasteiger partial charge in [-0.05, 0) is 49.9 Å². The fourth-order valence-electron chi connectivity index (χ4n) is 4.10. The summed E-state index contributed by atoms with van der Waals surface area (Å²) in [4.78, 5) is 13.3. The van der Waals surface area contributed by atoms with Crippen LogP contribution in [0.3, 0.4) is 0 Å². The van der Waals surface area contributed by atoms with Gasteiger partial charge in [-0.15, -0.1) is 0 Å². The molecule has 0 aliphatic heterocycles. The minimum absolute atomic E-state index is 0.313. The maximum Gasteiger partial charge on any atom is 0.276 e. The quantitative estimate of drug-likeness (QED) is 0.570. The molecule has 3 aromatic rings. The van der Waals surface area contributed by atoms with Gasteiger partial charge in [0.05, 0.1) is 27.0 Å². The molecule has 0 saturated carbocycles. The number of hydrogen-bond donors (Lipinski definition) is 1. The molecule has 32 heavy (non-hydrogen) atoms. The molecule has 8 heteroatoms. The van der Waals surface area contributed by atoms with Crippen molar-refractivity contribution in [2.45, 2.75) is 32.1 Å². The van der Waals surface area contributed by atoms with Crippen LogP contribution < -0.4 is 19.5 Å². The topological polar surface area (TPSA) is 74.6 Å². The third-order valence-corrected chi connectivity index (χ3v) is 5.64. The van der Waals surface area contributed by atoms with Gasteiger partial charge in [0.15, 0.2) is 17.2 Å². The summed E-state index contributed by atoms with van der Waals surface area (Å²) in [6.45, 7) is 0. The van der Waals surface area contributed by atoms with Crippen LogP contribution in [0.2, 0.25) is 0 Å². The lowest BCUT2D eigenvalue weighted by atomic mass is 10.1. The predicted octanol–water partition coefficient (Wildman–Crippen LogP) is 4.56. The number of carbonyl (C=O) groups excluding carboxylic acids is 1. The van der Waals surface area contributed by atoms with Crippen molar-refractivity contribution in [3.63, 3.8) is 0 Å². The van der Waals surface area contributed by atoms with E-state index in [1.807, 2.05) is 0 Å². The molecular formula is C24H26FN3O4. The van der Waals surface area contributed by atoms with Crippen LogP contribution in [-0.4, -0.2) is 37.0 Å². The molecule has 1 aliphatic rings. The Morgan fingerprint density at radius 2 is 1.62 bits per heavy atom. The predicted molar refractivity (Wildman–Crippen MR) is 119 cm³/mol. The normalized spacial score (nSPS) is 13.1. The number of hydrogen-bond acceptors (Lipinski definition) is 5. The van der Waals surface area contributed by atoms with Crippen molar-refractivity contribution in [3.05, 3.63) is 59.2 Å². The molecule has 1 heterocycles. The second-order valence-corrected chi connectivity index (χ2v) is 7.59. The van der Waals surface area contributed by atoms with Gasteiger partial charge in [-0.2, -0.15) is 5.10 Å². The highest BCUT2D eigenvalue weighted by Gasteiger charge is 2.25. The summed E-state index contributed by atoms with van der Waals surface area (Å²) in [5, 5.41) is 7.56. The van der Waals surface area contributed by atoms with E-state index >= 15 is 0 Å². The Balaban J connectivity index is 1.72. The molecule has 4 rings (SSSR count). The molecule has 1 aliphatic carbocycles. The first kappa shape index (κ1) is 21.7. The third-order valence-electron chi connectivity index (χ3n) is 5.64. The number of benzene rings is 2. The Bertz CT molecular complexity index is 1100. The molecule has 0 bridgehead atoms. The van der Waals surface area contributed by atoms with Crippen molar-refractivity contribution in [2.24, 2.45) is 0 Å². The van der Waals surface area contributed by atoms with E-state index < -0.39 is 0 Å². The molecule has 0 spiro atoms. The lowest BCUT2D eigenvalue weighted by Crippen LogP contribution is -2.15. The van der Waals surface area contributed by atoms with Gasteiger partial charge in [0.25, 0.3) is 5.91 Å². The number of fused-ring (bicyclic) bond motifs is 1. The van der Waals surface area contributed by atoms with Crippen molar-refractivity contribution in [2.75, 3.05) is 26.6 Å². The molecule has 1 N–H and O–H groups in total. The summed E-state index contributed by atoms with van der Waals surface area (Å²) in [6.07, 6.45) is 4.69. The molecule has 0 unspecified atom stereocenters. The van der Waals surface area contributed by atoms with Crippen LogP contribution in [0.25, 0.3) is 5.69 Å². The fourth-order valence-corrected chi connectivity index (χ4v) is 4.10. The van der Waals surface area contributed by atoms with Crippen molar-refractivity contribution < 1.29 is 23.4 Å². The first-order valence-corrected chi connectivity index (χ1v) is 10.5. The van der Waals surface area contributed by atoms with E-state index in [0.29, 0.717) is 28.6 Å². The molecule has 1 amide bonds. The number of nitrogens with one attached hydrogen (secondary N) is 1. The number of halogens is 1. The molecule has 0 saturated heterocycles. The maximum atomic E-state index is 13.4. The number of methoxy groups -OCH3 is 3. The van der Waals surface area contributed by atoms with Gasteiger partial charge in [0, 0.05) is 29.1 Å². The molecule has 0 fully saturated rings. The van der Waals surface area contributed by atoms with Crippen LogP contribution in [0.15, 0.2) is 36.4 Å². The highest BCUT2D eigenvalue weighted by molar-refractivity contribution is 6.04. The number of amides is 1. The van der Waals surface area contributed by atoms with Crippen LogP contribution in [0.1, 0.15) is 41.0 Å². The summed E-state index contributed by atoms with van der Waals surface area (Å²) in [6, 6.07) is 9.50. The van der Waals surface area contributed by atoms with E-state index in [9.17, 15) is 9.18 Å². The molecule has 2 aromatic carbocycles. The molecule has 0 radical (unpaired) electrons. The van der Waals surface area contributed by atoms with Crippen LogP contribution in [0, 0.1) is 5.82 Å². The minimum Gasteiger partial charge on any atom is -0.493 e. The monoisotopic (exact) mass is 439 g/mol. The zero-order valence-corrected chi connectivity index (χ0v) is 18.4. The van der Waals surface area contributed by atoms with Gasteiger partial charge < -0.3 is 19.5 Å². The summed E-state index contributed by atoms with van der Waals surface area (Å²) >= 11 is 0. The van der Waals surface area contributed by atoms with Crippen LogP contribution in [0.4, 0.5) is 10.1 Å². The van der Waals surface area contributed by atoms with E-state index in [2.05, 4.69) is 10.4 Å². The molecular weight excluding hydrogens is 413 g/mol. The van der Waals surface area contributed by atoms with E-state index in [4.69, 9.17) is 14.2 Å². The fraction of sp³-hybridized carbons (Fsp3) is 0.333. The second-order valence-electron chi connectivity index (χ2n) is 7.59. The summed E-state index contributed by atoms with van der Waals surface area (Å²) in [5.41, 5.74) is 3.56. The number of nitrogens with zero attached hydrogens (tertiary/aromatic N) is 2. The zero-order valence-electron chi connectivity index (χ0n) is 18.4. The van der Waals surface area contributed by atoms with Crippen molar-refractivity contribution >= 4 is 11.6 Å². The average Bonchev–Trinajstić information content (AvgIpc) is 2.99. The number of rotatable bonds is 6. The summed E-state index contributed by atoms with van der Waals surface area (Å²) in [5.74, 6) is 0.698. The molecule has 1 aromatic heterocycles. The van der Waals surface area contributed by atoms with Gasteiger partial charge in [0.2, 0.25) is 5.75 Å². The lowest BCUT2D eigenvalue weighted by Gasteiger charge is -2.14. The number of carbonyl (C=O) groups is 1. The third kappa shape index (κ3) is 4.12. The zero-order chi connectivity index (χ0) is 22.7. The van der Waals surface area contributed by atoms with E-state index in [-0.39, 0.29) is 11.7 Å². The van der Waals surface area contributed by atoms with Gasteiger partial charge in [-0.1, -0.05) is 6.42 Å². The Morgan fingerprint density at radius 3 is 2.25 bits per heavy atom. The average molecular weight is 439 g/mol. The molecule has 0 atom stereocenters. The van der Waals surface area contributed by atoms with Crippen molar-refractivity contribution in [1.29, 1.82) is 0 Å². The van der Waals surface area contributed by atoms with Gasteiger partial charge >= 0.3 is 0 Å². The number of aromatic nitrogens is 2. The van der Waals surface area contributed by atoms with E-state index in [1.54, 1.807) is 28.9 Å². The Kier molecular flexibility index (Phi) is 6.30. The Morgan fingerprint density at radius 1 is 0.969 bits per heavy atom. The number of ether oxygens (including phenoxy) is 3. The van der Waals surface area contributed by atoms with E-state index in [0.717, 1.165) is 49.0 Å². The SMILES string of the molecule is COc1cc(NC(=O)c2nn(-c3ccc(F)cc3)c3c2CCCCC3)cc(OC)c1OC. The van der Waals surface area contributed by atoms with Crippen LogP contribution in [-0.2, 0) is 12.8 Å². The van der Waals surface area contributed by atoms with Gasteiger partial charge in [-0.25, -0.2) is 9.07 Å². The van der Waals surface area contributed by atoms with Gasteiger partial charge in [-0.3, -0.25) is 4.79 Å².